The van der Waals surface area contributed by atoms with Gasteiger partial charge in [-0.05, 0) is 38.5 Å². The van der Waals surface area contributed by atoms with Crippen LogP contribution in [0.2, 0.25) is 0 Å². The van der Waals surface area contributed by atoms with Crippen LogP contribution in [0, 0.1) is 0 Å². The number of amides is 1. The fraction of sp³-hybridized carbons (Fsp3) is 0.667. The number of rotatable bonds is 16. The average Bonchev–Trinajstić information content (AvgIpc) is 2.62. The normalized spacial score (nSPS) is 12.6. The van der Waals surface area contributed by atoms with Gasteiger partial charge in [-0.3, -0.25) is 9.35 Å². The maximum atomic E-state index is 11.8. The summed E-state index contributed by atoms with van der Waals surface area (Å²) in [6.07, 6.45) is 23.1. The molecule has 0 aliphatic heterocycles. The van der Waals surface area contributed by atoms with Gasteiger partial charge in [-0.15, -0.1) is 0 Å². The predicted molar refractivity (Wildman–Crippen MR) is 113 cm³/mol. The molecule has 0 aromatic heterocycles. The second kappa shape index (κ2) is 16.8. The first kappa shape index (κ1) is 25.6. The first-order valence-electron chi connectivity index (χ1n) is 10.0. The molecule has 0 aromatic carbocycles. The molecule has 0 fully saturated rings. The highest BCUT2D eigenvalue weighted by molar-refractivity contribution is 7.85. The van der Waals surface area contributed by atoms with Crippen molar-refractivity contribution in [2.45, 2.75) is 71.1 Å². The summed E-state index contributed by atoms with van der Waals surface area (Å²) < 4.78 is 30.0. The lowest BCUT2D eigenvalue weighted by atomic mass is 10.1. The molecule has 5 nitrogen and oxygen atoms in total. The number of hydrogen-bond acceptors (Lipinski definition) is 3. The summed E-state index contributed by atoms with van der Waals surface area (Å²) in [4.78, 5) is 13.2. The number of allylic oxidation sites excluding steroid dienone is 6. The largest absolute Gasteiger partial charge is 0.345 e. The Morgan fingerprint density at radius 2 is 1.44 bits per heavy atom. The van der Waals surface area contributed by atoms with E-state index in [1.807, 2.05) is 0 Å². The lowest BCUT2D eigenvalue weighted by molar-refractivity contribution is -0.129. The molecule has 0 aliphatic rings. The SMILES string of the molecule is CC/C=C\C/C=C\C/C=C\CCCCCCCC(=O)N(C)CCS(=O)(=O)O. The first-order valence-corrected chi connectivity index (χ1v) is 11.6. The fourth-order valence-electron chi connectivity index (χ4n) is 2.46. The minimum absolute atomic E-state index is 0.0363. The number of unbranched alkanes of at least 4 members (excludes halogenated alkanes) is 5. The second-order valence-corrected chi connectivity index (χ2v) is 8.27. The van der Waals surface area contributed by atoms with Crippen LogP contribution < -0.4 is 0 Å². The Morgan fingerprint density at radius 3 is 2.07 bits per heavy atom. The van der Waals surface area contributed by atoms with E-state index >= 15 is 0 Å². The summed E-state index contributed by atoms with van der Waals surface area (Å²) in [7, 11) is -2.44. The monoisotopic (exact) mass is 399 g/mol. The van der Waals surface area contributed by atoms with E-state index in [2.05, 4.69) is 43.4 Å². The van der Waals surface area contributed by atoms with E-state index < -0.39 is 15.9 Å². The molecule has 0 saturated carbocycles. The molecule has 1 N–H and O–H groups in total. The quantitative estimate of drug-likeness (QED) is 0.227. The van der Waals surface area contributed by atoms with Crippen molar-refractivity contribution < 1.29 is 17.8 Å². The average molecular weight is 400 g/mol. The topological polar surface area (TPSA) is 74.7 Å². The lowest BCUT2D eigenvalue weighted by Crippen LogP contribution is -2.31. The fourth-order valence-corrected chi connectivity index (χ4v) is 2.97. The van der Waals surface area contributed by atoms with Gasteiger partial charge in [0.25, 0.3) is 10.1 Å². The zero-order valence-electron chi connectivity index (χ0n) is 17.0. The van der Waals surface area contributed by atoms with Crippen molar-refractivity contribution in [3.63, 3.8) is 0 Å². The molecule has 0 aromatic rings. The van der Waals surface area contributed by atoms with Crippen LogP contribution in [0.25, 0.3) is 0 Å². The number of carbonyl (C=O) groups is 1. The summed E-state index contributed by atoms with van der Waals surface area (Å²) >= 11 is 0. The summed E-state index contributed by atoms with van der Waals surface area (Å²) in [5.41, 5.74) is 0. The lowest BCUT2D eigenvalue weighted by Gasteiger charge is -2.16. The highest BCUT2D eigenvalue weighted by atomic mass is 32.2. The van der Waals surface area contributed by atoms with Crippen LogP contribution in [0.4, 0.5) is 0 Å². The Bertz CT molecular complexity index is 565. The molecule has 0 heterocycles. The summed E-state index contributed by atoms with van der Waals surface area (Å²) in [6.45, 7) is 2.17. The van der Waals surface area contributed by atoms with Gasteiger partial charge < -0.3 is 4.90 Å². The molecule has 1 amide bonds. The van der Waals surface area contributed by atoms with Gasteiger partial charge in [-0.25, -0.2) is 0 Å². The van der Waals surface area contributed by atoms with E-state index in [4.69, 9.17) is 4.55 Å². The third-order valence-corrected chi connectivity index (χ3v) is 4.85. The zero-order valence-corrected chi connectivity index (χ0v) is 17.8. The van der Waals surface area contributed by atoms with Crippen molar-refractivity contribution in [3.8, 4) is 0 Å². The number of hydrogen-bond donors (Lipinski definition) is 1. The second-order valence-electron chi connectivity index (χ2n) is 6.70. The Morgan fingerprint density at radius 1 is 0.889 bits per heavy atom. The van der Waals surface area contributed by atoms with E-state index in [1.54, 1.807) is 7.05 Å². The van der Waals surface area contributed by atoms with Crippen molar-refractivity contribution in [3.05, 3.63) is 36.5 Å². The van der Waals surface area contributed by atoms with Gasteiger partial charge in [-0.1, -0.05) is 62.6 Å². The van der Waals surface area contributed by atoms with E-state index in [1.165, 1.54) is 11.3 Å². The van der Waals surface area contributed by atoms with E-state index in [0.717, 1.165) is 51.4 Å². The van der Waals surface area contributed by atoms with Gasteiger partial charge in [0.05, 0.1) is 5.75 Å². The number of nitrogens with zero attached hydrogens (tertiary/aromatic N) is 1. The van der Waals surface area contributed by atoms with Crippen molar-refractivity contribution in [1.29, 1.82) is 0 Å². The van der Waals surface area contributed by atoms with Crippen molar-refractivity contribution in [1.82, 2.24) is 4.90 Å². The zero-order chi connectivity index (χ0) is 20.4. The Labute approximate surface area is 166 Å². The molecule has 0 atom stereocenters. The third kappa shape index (κ3) is 19.2. The van der Waals surface area contributed by atoms with Crippen molar-refractivity contribution in [2.75, 3.05) is 19.3 Å². The molecule has 0 aliphatic carbocycles. The predicted octanol–water partition coefficient (Wildman–Crippen LogP) is 4.92. The molecular weight excluding hydrogens is 362 g/mol. The van der Waals surface area contributed by atoms with Crippen LogP contribution in [0.5, 0.6) is 0 Å². The molecule has 0 unspecified atom stereocenters. The minimum atomic E-state index is -4.01. The molecule has 6 heteroatoms. The molecule has 0 rings (SSSR count). The van der Waals surface area contributed by atoms with Gasteiger partial charge in [0.2, 0.25) is 5.91 Å². The molecular formula is C21H37NO4S. The van der Waals surface area contributed by atoms with Crippen LogP contribution >= 0.6 is 0 Å². The van der Waals surface area contributed by atoms with Gasteiger partial charge in [-0.2, -0.15) is 8.42 Å². The Balaban J connectivity index is 3.52. The highest BCUT2D eigenvalue weighted by Gasteiger charge is 2.12. The Kier molecular flexibility index (Phi) is 15.9. The molecule has 156 valence electrons. The molecule has 27 heavy (non-hydrogen) atoms. The van der Waals surface area contributed by atoms with Crippen LogP contribution in [-0.2, 0) is 14.9 Å². The summed E-state index contributed by atoms with van der Waals surface area (Å²) in [5.74, 6) is -0.478. The molecule has 0 spiro atoms. The van der Waals surface area contributed by atoms with Gasteiger partial charge >= 0.3 is 0 Å². The van der Waals surface area contributed by atoms with Gasteiger partial charge in [0.15, 0.2) is 0 Å². The van der Waals surface area contributed by atoms with E-state index in [9.17, 15) is 13.2 Å². The van der Waals surface area contributed by atoms with Gasteiger partial charge in [0.1, 0.15) is 0 Å². The van der Waals surface area contributed by atoms with Crippen molar-refractivity contribution >= 4 is 16.0 Å². The Hall–Kier alpha value is -1.40. The summed E-state index contributed by atoms with van der Waals surface area (Å²) in [6, 6.07) is 0. The highest BCUT2D eigenvalue weighted by Crippen LogP contribution is 2.09. The van der Waals surface area contributed by atoms with Crippen LogP contribution in [0.3, 0.4) is 0 Å². The van der Waals surface area contributed by atoms with Crippen LogP contribution in [0.1, 0.15) is 71.1 Å². The molecule has 0 radical (unpaired) electrons. The van der Waals surface area contributed by atoms with Crippen molar-refractivity contribution in [2.24, 2.45) is 0 Å². The van der Waals surface area contributed by atoms with Gasteiger partial charge in [0, 0.05) is 20.0 Å². The number of carbonyl (C=O) groups excluding carboxylic acids is 1. The van der Waals surface area contributed by atoms with Crippen LogP contribution in [0.15, 0.2) is 36.5 Å². The first-order chi connectivity index (χ1) is 12.9. The molecule has 0 saturated heterocycles. The maximum Gasteiger partial charge on any atom is 0.266 e. The summed E-state index contributed by atoms with van der Waals surface area (Å²) in [5, 5.41) is 0. The van der Waals surface area contributed by atoms with E-state index in [0.29, 0.717) is 6.42 Å². The van der Waals surface area contributed by atoms with Crippen LogP contribution in [-0.4, -0.2) is 43.1 Å². The maximum absolute atomic E-state index is 11.8. The standard InChI is InChI=1S/C21H37NO4S/c1-3-4-5-6-7-8-9-10-11-12-13-14-15-16-17-18-21(23)22(2)19-20-27(24,25)26/h4-5,7-8,10-11H,3,6,9,12-20H2,1-2H3,(H,24,25,26)/b5-4-,8-7-,11-10-. The smallest absolute Gasteiger partial charge is 0.266 e. The van der Waals surface area contributed by atoms with E-state index in [-0.39, 0.29) is 12.5 Å². The molecule has 0 bridgehead atoms. The third-order valence-electron chi connectivity index (χ3n) is 4.15. The minimum Gasteiger partial charge on any atom is -0.345 e.